The molecule has 1 heterocycles. The molecule has 4 unspecified atom stereocenters. The number of phenols is 1. The van der Waals surface area contributed by atoms with E-state index in [0.717, 1.165) is 23.8 Å². The van der Waals surface area contributed by atoms with Gasteiger partial charge in [-0.1, -0.05) is 33.4 Å². The van der Waals surface area contributed by atoms with Crippen LogP contribution in [0.2, 0.25) is 0 Å². The molecule has 5 rings (SSSR count). The fourth-order valence-electron chi connectivity index (χ4n) is 7.67. The van der Waals surface area contributed by atoms with E-state index in [-0.39, 0.29) is 11.0 Å². The van der Waals surface area contributed by atoms with E-state index in [2.05, 4.69) is 51.7 Å². The van der Waals surface area contributed by atoms with E-state index in [9.17, 15) is 5.11 Å². The first-order valence-electron chi connectivity index (χ1n) is 11.5. The molecule has 1 aromatic carbocycles. The summed E-state index contributed by atoms with van der Waals surface area (Å²) < 4.78 is 0. The summed E-state index contributed by atoms with van der Waals surface area (Å²) in [6.07, 6.45) is 10.3. The first kappa shape index (κ1) is 18.6. The minimum absolute atomic E-state index is 0.222. The summed E-state index contributed by atoms with van der Waals surface area (Å²) in [5.74, 6) is 2.79. The number of fused-ring (bicyclic) bond motifs is 6. The second-order valence-electron chi connectivity index (χ2n) is 11.3. The summed E-state index contributed by atoms with van der Waals surface area (Å²) in [5.41, 5.74) is 6.15. The molecule has 0 radical (unpaired) electrons. The van der Waals surface area contributed by atoms with Crippen LogP contribution in [0.4, 0.5) is 0 Å². The molecule has 2 nitrogen and oxygen atoms in total. The number of aryl methyl sites for hydroxylation is 2. The van der Waals surface area contributed by atoms with E-state index in [1.165, 1.54) is 56.2 Å². The quantitative estimate of drug-likeness (QED) is 0.561. The monoisotopic (exact) mass is 379 g/mol. The van der Waals surface area contributed by atoms with Gasteiger partial charge in [-0.2, -0.15) is 0 Å². The molecule has 0 aromatic heterocycles. The summed E-state index contributed by atoms with van der Waals surface area (Å²) in [7, 11) is 0. The maximum atomic E-state index is 10.2. The largest absolute Gasteiger partial charge is 0.508 e. The average molecular weight is 380 g/mol. The summed E-state index contributed by atoms with van der Waals surface area (Å²) in [4.78, 5) is 0. The Balaban J connectivity index is 1.48. The van der Waals surface area contributed by atoms with E-state index in [1.807, 2.05) is 0 Å². The maximum absolute atomic E-state index is 10.2. The van der Waals surface area contributed by atoms with Crippen LogP contribution in [0, 0.1) is 29.6 Å². The molecule has 28 heavy (non-hydrogen) atoms. The molecule has 152 valence electrons. The molecule has 0 bridgehead atoms. The third kappa shape index (κ3) is 2.33. The minimum atomic E-state index is 0.222. The van der Waals surface area contributed by atoms with Crippen LogP contribution in [0.25, 0.3) is 0 Å². The number of aromatic hydroxyl groups is 1. The molecule has 3 fully saturated rings. The smallest absolute Gasteiger partial charge is 0.118 e. The van der Waals surface area contributed by atoms with Crippen molar-refractivity contribution >= 4 is 0 Å². The third-order valence-corrected chi connectivity index (χ3v) is 9.79. The van der Waals surface area contributed by atoms with Crippen LogP contribution < -0.4 is 5.32 Å². The standard InChI is InChI=1S/C26H37NO/c1-16-14-21-18(15-23(16)28)6-7-20-19(21)8-10-25(5)22(20)9-11-26(25)13-12-24(3,4)17(2)27-26/h14-15,19-20,22,27-28H,2,6-13H2,1,3-5H3/t19?,20?,22?,25?,26-/m1/s1. The number of allylic oxidation sites excluding steroid dienone is 1. The summed E-state index contributed by atoms with van der Waals surface area (Å²) >= 11 is 0. The lowest BCUT2D eigenvalue weighted by molar-refractivity contribution is -0.0153. The minimum Gasteiger partial charge on any atom is -0.508 e. The topological polar surface area (TPSA) is 32.3 Å². The van der Waals surface area contributed by atoms with Gasteiger partial charge in [0.2, 0.25) is 0 Å². The van der Waals surface area contributed by atoms with Crippen molar-refractivity contribution in [3.63, 3.8) is 0 Å². The first-order chi connectivity index (χ1) is 13.2. The molecule has 1 spiro atoms. The molecule has 2 N–H and O–H groups in total. The van der Waals surface area contributed by atoms with Gasteiger partial charge in [-0.05, 0) is 104 Å². The maximum Gasteiger partial charge on any atom is 0.118 e. The van der Waals surface area contributed by atoms with E-state index < -0.39 is 0 Å². The van der Waals surface area contributed by atoms with Crippen LogP contribution in [0.3, 0.4) is 0 Å². The van der Waals surface area contributed by atoms with Crippen molar-refractivity contribution in [2.45, 2.75) is 90.5 Å². The lowest BCUT2D eigenvalue weighted by Crippen LogP contribution is -2.61. The predicted octanol–water partition coefficient (Wildman–Crippen LogP) is 6.22. The van der Waals surface area contributed by atoms with E-state index >= 15 is 0 Å². The van der Waals surface area contributed by atoms with Crippen LogP contribution in [-0.2, 0) is 6.42 Å². The van der Waals surface area contributed by atoms with Gasteiger partial charge in [0, 0.05) is 16.7 Å². The van der Waals surface area contributed by atoms with E-state index in [4.69, 9.17) is 0 Å². The van der Waals surface area contributed by atoms with Crippen molar-refractivity contribution in [3.8, 4) is 5.75 Å². The number of nitrogens with one attached hydrogen (secondary N) is 1. The highest BCUT2D eigenvalue weighted by Crippen LogP contribution is 2.66. The number of phenolic OH excluding ortho intramolecular Hbond substituents is 1. The van der Waals surface area contributed by atoms with Crippen molar-refractivity contribution in [2.24, 2.45) is 22.7 Å². The Morgan fingerprint density at radius 1 is 1.04 bits per heavy atom. The highest BCUT2D eigenvalue weighted by atomic mass is 16.3. The van der Waals surface area contributed by atoms with Crippen molar-refractivity contribution in [2.75, 3.05) is 0 Å². The Hall–Kier alpha value is -1.44. The summed E-state index contributed by atoms with van der Waals surface area (Å²) in [6.45, 7) is 13.8. The van der Waals surface area contributed by atoms with Gasteiger partial charge in [-0.3, -0.25) is 0 Å². The number of piperidine rings is 1. The van der Waals surface area contributed by atoms with Crippen LogP contribution in [0.1, 0.15) is 88.3 Å². The van der Waals surface area contributed by atoms with E-state index in [0.29, 0.717) is 17.1 Å². The van der Waals surface area contributed by atoms with Gasteiger partial charge >= 0.3 is 0 Å². The van der Waals surface area contributed by atoms with Gasteiger partial charge in [0.1, 0.15) is 5.75 Å². The van der Waals surface area contributed by atoms with Gasteiger partial charge in [-0.25, -0.2) is 0 Å². The first-order valence-corrected chi connectivity index (χ1v) is 11.5. The van der Waals surface area contributed by atoms with Crippen molar-refractivity contribution in [3.05, 3.63) is 41.1 Å². The molecule has 1 aromatic rings. The van der Waals surface area contributed by atoms with Crippen molar-refractivity contribution < 1.29 is 5.11 Å². The average Bonchev–Trinajstić information content (AvgIpc) is 2.92. The second-order valence-corrected chi connectivity index (χ2v) is 11.3. The number of hydrogen-bond donors (Lipinski definition) is 2. The molecular formula is C26H37NO. The van der Waals surface area contributed by atoms with Crippen LogP contribution in [-0.4, -0.2) is 10.6 Å². The normalized spacial score (nSPS) is 41.1. The van der Waals surface area contributed by atoms with Crippen LogP contribution in [0.5, 0.6) is 5.75 Å². The molecule has 0 amide bonds. The Labute approximate surface area is 170 Å². The molecule has 2 saturated carbocycles. The lowest BCUT2D eigenvalue weighted by Gasteiger charge is -2.58. The molecule has 3 aliphatic carbocycles. The molecule has 1 aliphatic heterocycles. The molecule has 1 saturated heterocycles. The Morgan fingerprint density at radius 2 is 1.82 bits per heavy atom. The SMILES string of the molecule is C=C1N[C@]2(CCC3C4CCc5cc(O)c(C)cc5C4CCC32C)CCC1(C)C. The highest BCUT2D eigenvalue weighted by Gasteiger charge is 2.63. The Bertz CT molecular complexity index is 839. The third-order valence-electron chi connectivity index (χ3n) is 9.79. The van der Waals surface area contributed by atoms with E-state index in [1.54, 1.807) is 5.56 Å². The molecule has 4 aliphatic rings. The van der Waals surface area contributed by atoms with Gasteiger partial charge in [0.15, 0.2) is 0 Å². The Morgan fingerprint density at radius 3 is 2.57 bits per heavy atom. The van der Waals surface area contributed by atoms with Crippen molar-refractivity contribution in [1.82, 2.24) is 5.32 Å². The van der Waals surface area contributed by atoms with Crippen LogP contribution in [0.15, 0.2) is 24.4 Å². The zero-order valence-electron chi connectivity index (χ0n) is 18.2. The number of rotatable bonds is 0. The number of hydrogen-bond acceptors (Lipinski definition) is 2. The zero-order valence-corrected chi connectivity index (χ0v) is 18.2. The molecule has 5 atom stereocenters. The fourth-order valence-corrected chi connectivity index (χ4v) is 7.67. The van der Waals surface area contributed by atoms with Gasteiger partial charge in [0.05, 0.1) is 0 Å². The van der Waals surface area contributed by atoms with Crippen molar-refractivity contribution in [1.29, 1.82) is 0 Å². The van der Waals surface area contributed by atoms with Gasteiger partial charge in [0.25, 0.3) is 0 Å². The fraction of sp³-hybridized carbons (Fsp3) is 0.692. The molecule has 2 heteroatoms. The predicted molar refractivity (Wildman–Crippen MR) is 115 cm³/mol. The molecular weight excluding hydrogens is 342 g/mol. The van der Waals surface area contributed by atoms with Crippen LogP contribution >= 0.6 is 0 Å². The second kappa shape index (κ2) is 5.80. The number of benzene rings is 1. The highest BCUT2D eigenvalue weighted by molar-refractivity contribution is 5.45. The Kier molecular flexibility index (Phi) is 3.85. The lowest BCUT2D eigenvalue weighted by atomic mass is 9.51. The van der Waals surface area contributed by atoms with Gasteiger partial charge in [-0.15, -0.1) is 0 Å². The summed E-state index contributed by atoms with van der Waals surface area (Å²) in [6, 6.07) is 4.36. The van der Waals surface area contributed by atoms with Gasteiger partial charge < -0.3 is 10.4 Å². The zero-order chi connectivity index (χ0) is 19.9. The summed E-state index contributed by atoms with van der Waals surface area (Å²) in [5, 5.41) is 14.2.